The summed E-state index contributed by atoms with van der Waals surface area (Å²) >= 11 is 0. The number of nitrogens with two attached hydrogens (primary N) is 1. The summed E-state index contributed by atoms with van der Waals surface area (Å²) in [6.45, 7) is 9.73. The fourth-order valence-corrected chi connectivity index (χ4v) is 2.70. The SMILES string of the molecule is CCC1CN(C(=O)CNC(=O)[C@@H](N)C(C)C)CCN1CCOC. The molecule has 0 aromatic heterocycles. The number of nitrogens with zero attached hydrogens (tertiary/aromatic N) is 2. The van der Waals surface area contributed by atoms with Crippen molar-refractivity contribution in [2.24, 2.45) is 11.7 Å². The lowest BCUT2D eigenvalue weighted by atomic mass is 10.1. The van der Waals surface area contributed by atoms with Gasteiger partial charge in [-0.05, 0) is 12.3 Å². The van der Waals surface area contributed by atoms with E-state index in [9.17, 15) is 9.59 Å². The van der Waals surface area contributed by atoms with Gasteiger partial charge in [0.05, 0.1) is 19.2 Å². The van der Waals surface area contributed by atoms with E-state index in [2.05, 4.69) is 17.1 Å². The molecule has 1 aliphatic heterocycles. The number of hydrogen-bond donors (Lipinski definition) is 2. The van der Waals surface area contributed by atoms with Crippen LogP contribution < -0.4 is 11.1 Å². The predicted molar refractivity (Wildman–Crippen MR) is 89.9 cm³/mol. The molecule has 3 N–H and O–H groups in total. The molecule has 0 aliphatic carbocycles. The predicted octanol–water partition coefficient (Wildman–Crippen LogP) is -0.345. The van der Waals surface area contributed by atoms with E-state index in [-0.39, 0.29) is 24.3 Å². The molecule has 1 aliphatic rings. The second-order valence-electron chi connectivity index (χ2n) is 6.42. The monoisotopic (exact) mass is 328 g/mol. The van der Waals surface area contributed by atoms with Crippen LogP contribution in [-0.2, 0) is 14.3 Å². The highest BCUT2D eigenvalue weighted by molar-refractivity contribution is 5.87. The smallest absolute Gasteiger partial charge is 0.242 e. The molecule has 7 nitrogen and oxygen atoms in total. The van der Waals surface area contributed by atoms with E-state index < -0.39 is 6.04 Å². The van der Waals surface area contributed by atoms with E-state index in [0.717, 1.165) is 19.5 Å². The zero-order valence-electron chi connectivity index (χ0n) is 14.9. The number of rotatable bonds is 8. The fourth-order valence-electron chi connectivity index (χ4n) is 2.70. The van der Waals surface area contributed by atoms with E-state index in [1.807, 2.05) is 18.7 Å². The lowest BCUT2D eigenvalue weighted by Crippen LogP contribution is -2.57. The zero-order valence-corrected chi connectivity index (χ0v) is 14.9. The first kappa shape index (κ1) is 19.9. The molecule has 1 saturated heterocycles. The van der Waals surface area contributed by atoms with Gasteiger partial charge in [0.25, 0.3) is 0 Å². The molecule has 1 heterocycles. The van der Waals surface area contributed by atoms with Crippen molar-refractivity contribution in [3.8, 4) is 0 Å². The maximum absolute atomic E-state index is 12.3. The van der Waals surface area contributed by atoms with E-state index >= 15 is 0 Å². The molecule has 2 atom stereocenters. The minimum absolute atomic E-state index is 0.0216. The molecule has 0 saturated carbocycles. The lowest BCUT2D eigenvalue weighted by molar-refractivity contribution is -0.136. The van der Waals surface area contributed by atoms with Gasteiger partial charge in [-0.1, -0.05) is 20.8 Å². The van der Waals surface area contributed by atoms with Gasteiger partial charge in [0.15, 0.2) is 0 Å². The van der Waals surface area contributed by atoms with Gasteiger partial charge in [0.2, 0.25) is 11.8 Å². The maximum Gasteiger partial charge on any atom is 0.242 e. The molecular formula is C16H32N4O3. The van der Waals surface area contributed by atoms with Gasteiger partial charge in [0, 0.05) is 39.3 Å². The molecule has 0 aromatic rings. The van der Waals surface area contributed by atoms with Crippen molar-refractivity contribution in [3.63, 3.8) is 0 Å². The van der Waals surface area contributed by atoms with Crippen LogP contribution in [0.2, 0.25) is 0 Å². The highest BCUT2D eigenvalue weighted by Gasteiger charge is 2.28. The average Bonchev–Trinajstić information content (AvgIpc) is 2.56. The van der Waals surface area contributed by atoms with Crippen LogP contribution in [0.3, 0.4) is 0 Å². The molecule has 1 unspecified atom stereocenters. The van der Waals surface area contributed by atoms with Gasteiger partial charge < -0.3 is 20.7 Å². The van der Waals surface area contributed by atoms with Crippen LogP contribution in [0.25, 0.3) is 0 Å². The summed E-state index contributed by atoms with van der Waals surface area (Å²) in [5, 5.41) is 2.65. The third-order valence-corrected chi connectivity index (χ3v) is 4.45. The Balaban J connectivity index is 2.44. The molecule has 23 heavy (non-hydrogen) atoms. The second-order valence-corrected chi connectivity index (χ2v) is 6.42. The average molecular weight is 328 g/mol. The summed E-state index contributed by atoms with van der Waals surface area (Å²) < 4.78 is 5.14. The van der Waals surface area contributed by atoms with Gasteiger partial charge >= 0.3 is 0 Å². The normalized spacial score (nSPS) is 20.6. The number of amides is 2. The van der Waals surface area contributed by atoms with E-state index in [0.29, 0.717) is 25.7 Å². The largest absolute Gasteiger partial charge is 0.383 e. The van der Waals surface area contributed by atoms with Crippen molar-refractivity contribution in [1.82, 2.24) is 15.1 Å². The molecule has 7 heteroatoms. The van der Waals surface area contributed by atoms with Crippen molar-refractivity contribution < 1.29 is 14.3 Å². The summed E-state index contributed by atoms with van der Waals surface area (Å²) in [6, 6.07) is -0.228. The zero-order chi connectivity index (χ0) is 17.4. The Hall–Kier alpha value is -1.18. The molecule has 2 amide bonds. The van der Waals surface area contributed by atoms with Crippen molar-refractivity contribution in [3.05, 3.63) is 0 Å². The lowest BCUT2D eigenvalue weighted by Gasteiger charge is -2.41. The third kappa shape index (κ3) is 6.08. The van der Waals surface area contributed by atoms with Crippen LogP contribution in [0.5, 0.6) is 0 Å². The Kier molecular flexibility index (Phi) is 8.51. The minimum atomic E-state index is -0.572. The van der Waals surface area contributed by atoms with Crippen LogP contribution in [-0.4, -0.2) is 80.1 Å². The maximum atomic E-state index is 12.3. The molecule has 0 aromatic carbocycles. The van der Waals surface area contributed by atoms with E-state index in [4.69, 9.17) is 10.5 Å². The van der Waals surface area contributed by atoms with E-state index in [1.165, 1.54) is 0 Å². The first-order valence-electron chi connectivity index (χ1n) is 8.44. The molecule has 0 bridgehead atoms. The summed E-state index contributed by atoms with van der Waals surface area (Å²) in [6.07, 6.45) is 0.984. The highest BCUT2D eigenvalue weighted by Crippen LogP contribution is 2.12. The fraction of sp³-hybridized carbons (Fsp3) is 0.875. The first-order valence-corrected chi connectivity index (χ1v) is 8.44. The number of carbonyl (C=O) groups excluding carboxylic acids is 2. The minimum Gasteiger partial charge on any atom is -0.383 e. The molecule has 0 radical (unpaired) electrons. The number of carbonyl (C=O) groups is 2. The molecule has 1 rings (SSSR count). The summed E-state index contributed by atoms with van der Waals surface area (Å²) in [7, 11) is 1.70. The quantitative estimate of drug-likeness (QED) is 0.636. The van der Waals surface area contributed by atoms with Gasteiger partial charge in [0.1, 0.15) is 0 Å². The number of piperazine rings is 1. The summed E-state index contributed by atoms with van der Waals surface area (Å²) in [4.78, 5) is 28.3. The Morgan fingerprint density at radius 1 is 1.35 bits per heavy atom. The van der Waals surface area contributed by atoms with Crippen LogP contribution in [0, 0.1) is 5.92 Å². The number of nitrogens with one attached hydrogen (secondary N) is 1. The second kappa shape index (κ2) is 9.85. The first-order chi connectivity index (χ1) is 10.9. The van der Waals surface area contributed by atoms with Crippen molar-refractivity contribution in [2.45, 2.75) is 39.3 Å². The van der Waals surface area contributed by atoms with Crippen molar-refractivity contribution in [2.75, 3.05) is 46.4 Å². The van der Waals surface area contributed by atoms with Gasteiger partial charge in [-0.2, -0.15) is 0 Å². The van der Waals surface area contributed by atoms with Crippen LogP contribution in [0.15, 0.2) is 0 Å². The number of hydrogen-bond acceptors (Lipinski definition) is 5. The Morgan fingerprint density at radius 2 is 2.04 bits per heavy atom. The number of ether oxygens (including phenoxy) is 1. The Bertz CT molecular complexity index is 390. The molecule has 1 fully saturated rings. The topological polar surface area (TPSA) is 87.9 Å². The molecule has 0 spiro atoms. The molecule has 134 valence electrons. The van der Waals surface area contributed by atoms with Gasteiger partial charge in [-0.3, -0.25) is 14.5 Å². The summed E-state index contributed by atoms with van der Waals surface area (Å²) in [5.74, 6) is -0.253. The molecular weight excluding hydrogens is 296 g/mol. The van der Waals surface area contributed by atoms with Crippen molar-refractivity contribution >= 4 is 11.8 Å². The van der Waals surface area contributed by atoms with Crippen LogP contribution >= 0.6 is 0 Å². The highest BCUT2D eigenvalue weighted by atomic mass is 16.5. The van der Waals surface area contributed by atoms with Gasteiger partial charge in [-0.15, -0.1) is 0 Å². The Morgan fingerprint density at radius 3 is 2.61 bits per heavy atom. The standard InChI is InChI=1S/C16H32N4O3/c1-5-13-11-20(7-6-19(13)8-9-23-4)14(21)10-18-16(22)15(17)12(2)3/h12-13,15H,5-11,17H2,1-4H3,(H,18,22)/t13?,15-/m0/s1. The number of methoxy groups -OCH3 is 1. The van der Waals surface area contributed by atoms with Gasteiger partial charge in [-0.25, -0.2) is 0 Å². The van der Waals surface area contributed by atoms with E-state index in [1.54, 1.807) is 7.11 Å². The Labute approximate surface area is 139 Å². The van der Waals surface area contributed by atoms with Crippen molar-refractivity contribution in [1.29, 1.82) is 0 Å². The van der Waals surface area contributed by atoms with Crippen LogP contribution in [0.1, 0.15) is 27.2 Å². The summed E-state index contributed by atoms with van der Waals surface area (Å²) in [5.41, 5.74) is 5.78. The third-order valence-electron chi connectivity index (χ3n) is 4.45. The van der Waals surface area contributed by atoms with Crippen LogP contribution in [0.4, 0.5) is 0 Å².